The summed E-state index contributed by atoms with van der Waals surface area (Å²) >= 11 is 6.16. The third kappa shape index (κ3) is 4.79. The minimum atomic E-state index is -0.567. The number of piperazine rings is 1. The summed E-state index contributed by atoms with van der Waals surface area (Å²) in [6.45, 7) is 7.42. The van der Waals surface area contributed by atoms with E-state index in [-0.39, 0.29) is 17.4 Å². The quantitative estimate of drug-likeness (QED) is 0.693. The maximum atomic E-state index is 12.7. The van der Waals surface area contributed by atoms with Crippen molar-refractivity contribution in [1.29, 1.82) is 0 Å². The number of hydrogen-bond donors (Lipinski definition) is 0. The highest BCUT2D eigenvalue weighted by Gasteiger charge is 2.34. The van der Waals surface area contributed by atoms with Crippen LogP contribution in [-0.2, 0) is 9.47 Å². The first kappa shape index (κ1) is 21.3. The number of amides is 1. The SMILES string of the molecule is COCC1CN(c2nc(Cl)nc3cncc(OC)c23)CCN1C(=O)OC(C)(C)C. The molecule has 3 heterocycles. The second kappa shape index (κ2) is 8.54. The number of fused-ring (bicyclic) bond motifs is 1. The molecule has 1 unspecified atom stereocenters. The fourth-order valence-corrected chi connectivity index (χ4v) is 3.51. The van der Waals surface area contributed by atoms with Gasteiger partial charge in [0.25, 0.3) is 0 Å². The molecule has 0 aliphatic carbocycles. The zero-order valence-corrected chi connectivity index (χ0v) is 18.1. The maximum absolute atomic E-state index is 12.7. The molecular formula is C19H26ClN5O4. The summed E-state index contributed by atoms with van der Waals surface area (Å²) in [6, 6.07) is -0.208. The van der Waals surface area contributed by atoms with Crippen LogP contribution < -0.4 is 9.64 Å². The molecule has 9 nitrogen and oxygen atoms in total. The van der Waals surface area contributed by atoms with Crippen LogP contribution >= 0.6 is 11.6 Å². The van der Waals surface area contributed by atoms with Crippen molar-refractivity contribution in [2.75, 3.05) is 45.4 Å². The lowest BCUT2D eigenvalue weighted by Crippen LogP contribution is -2.58. The molecule has 2 aromatic rings. The van der Waals surface area contributed by atoms with Gasteiger partial charge in [0.1, 0.15) is 17.2 Å². The van der Waals surface area contributed by atoms with Crippen LogP contribution in [0.4, 0.5) is 10.6 Å². The number of anilines is 1. The highest BCUT2D eigenvalue weighted by atomic mass is 35.5. The molecule has 0 spiro atoms. The average molecular weight is 424 g/mol. The van der Waals surface area contributed by atoms with Gasteiger partial charge in [-0.1, -0.05) is 0 Å². The van der Waals surface area contributed by atoms with Gasteiger partial charge in [-0.25, -0.2) is 9.78 Å². The van der Waals surface area contributed by atoms with E-state index >= 15 is 0 Å². The van der Waals surface area contributed by atoms with Crippen LogP contribution in [0.2, 0.25) is 5.28 Å². The van der Waals surface area contributed by atoms with Gasteiger partial charge in [-0.3, -0.25) is 9.88 Å². The first-order valence-electron chi connectivity index (χ1n) is 9.32. The van der Waals surface area contributed by atoms with Gasteiger partial charge in [0.05, 0.1) is 43.1 Å². The summed E-state index contributed by atoms with van der Waals surface area (Å²) < 4.78 is 16.4. The Bertz CT molecular complexity index is 889. The Labute approximate surface area is 174 Å². The fourth-order valence-electron chi connectivity index (χ4n) is 3.34. The normalized spacial score (nSPS) is 17.5. The number of hydrogen-bond acceptors (Lipinski definition) is 8. The van der Waals surface area contributed by atoms with E-state index in [1.54, 1.807) is 31.5 Å². The monoisotopic (exact) mass is 423 g/mol. The van der Waals surface area contributed by atoms with E-state index in [1.165, 1.54) is 0 Å². The Morgan fingerprint density at radius 3 is 2.66 bits per heavy atom. The summed E-state index contributed by atoms with van der Waals surface area (Å²) in [5.74, 6) is 1.20. The van der Waals surface area contributed by atoms with E-state index in [9.17, 15) is 4.79 Å². The molecule has 0 aromatic carbocycles. The number of methoxy groups -OCH3 is 2. The Kier molecular flexibility index (Phi) is 6.28. The molecule has 2 aromatic heterocycles. The summed E-state index contributed by atoms with van der Waals surface area (Å²) in [4.78, 5) is 29.3. The Morgan fingerprint density at radius 1 is 1.24 bits per heavy atom. The van der Waals surface area contributed by atoms with Gasteiger partial charge in [-0.15, -0.1) is 0 Å². The predicted octanol–water partition coefficient (Wildman–Crippen LogP) is 2.76. The van der Waals surface area contributed by atoms with Crippen LogP contribution in [0.25, 0.3) is 10.9 Å². The molecule has 1 amide bonds. The van der Waals surface area contributed by atoms with Gasteiger partial charge in [0.2, 0.25) is 5.28 Å². The molecule has 1 aliphatic heterocycles. The summed E-state index contributed by atoms with van der Waals surface area (Å²) in [5.41, 5.74) is 0.0278. The zero-order valence-electron chi connectivity index (χ0n) is 17.3. The van der Waals surface area contributed by atoms with E-state index < -0.39 is 5.60 Å². The number of carbonyl (C=O) groups is 1. The largest absolute Gasteiger partial charge is 0.494 e. The van der Waals surface area contributed by atoms with Crippen LogP contribution in [0.1, 0.15) is 20.8 Å². The lowest BCUT2D eigenvalue weighted by molar-refractivity contribution is 0.00340. The molecule has 0 radical (unpaired) electrons. The average Bonchev–Trinajstić information content (AvgIpc) is 2.65. The molecule has 0 N–H and O–H groups in total. The summed E-state index contributed by atoms with van der Waals surface area (Å²) in [5, 5.41) is 0.856. The second-order valence-corrected chi connectivity index (χ2v) is 8.12. The van der Waals surface area contributed by atoms with Gasteiger partial charge < -0.3 is 19.1 Å². The smallest absolute Gasteiger partial charge is 0.410 e. The van der Waals surface area contributed by atoms with Gasteiger partial charge in [-0.05, 0) is 32.4 Å². The predicted molar refractivity (Wildman–Crippen MR) is 110 cm³/mol. The molecule has 0 bridgehead atoms. The van der Waals surface area contributed by atoms with Crippen molar-refractivity contribution in [3.05, 3.63) is 17.7 Å². The first-order chi connectivity index (χ1) is 13.7. The molecule has 10 heteroatoms. The number of carbonyl (C=O) groups excluding carboxylic acids is 1. The number of nitrogens with zero attached hydrogens (tertiary/aromatic N) is 5. The Hall–Kier alpha value is -2.39. The third-order valence-electron chi connectivity index (χ3n) is 4.51. The Balaban J connectivity index is 1.93. The molecular weight excluding hydrogens is 398 g/mol. The van der Waals surface area contributed by atoms with Crippen molar-refractivity contribution in [2.45, 2.75) is 32.4 Å². The van der Waals surface area contributed by atoms with E-state index in [0.717, 1.165) is 5.39 Å². The minimum Gasteiger partial charge on any atom is -0.494 e. The van der Waals surface area contributed by atoms with Gasteiger partial charge >= 0.3 is 6.09 Å². The first-order valence-corrected chi connectivity index (χ1v) is 9.70. The van der Waals surface area contributed by atoms with E-state index in [4.69, 9.17) is 25.8 Å². The van der Waals surface area contributed by atoms with Crippen molar-refractivity contribution < 1.29 is 19.0 Å². The topological polar surface area (TPSA) is 89.9 Å². The number of ether oxygens (including phenoxy) is 3. The van der Waals surface area contributed by atoms with E-state index in [0.29, 0.717) is 43.3 Å². The zero-order chi connectivity index (χ0) is 21.2. The van der Waals surface area contributed by atoms with Crippen molar-refractivity contribution in [3.63, 3.8) is 0 Å². The molecule has 158 valence electrons. The number of rotatable bonds is 4. The molecule has 3 rings (SSSR count). The van der Waals surface area contributed by atoms with Crippen molar-refractivity contribution >= 4 is 34.4 Å². The lowest BCUT2D eigenvalue weighted by Gasteiger charge is -2.42. The van der Waals surface area contributed by atoms with Crippen LogP contribution in [0.3, 0.4) is 0 Å². The molecule has 1 aliphatic rings. The molecule has 1 saturated heterocycles. The number of pyridine rings is 1. The minimum absolute atomic E-state index is 0.125. The van der Waals surface area contributed by atoms with Crippen molar-refractivity contribution in [3.8, 4) is 5.75 Å². The number of halogens is 1. The summed E-state index contributed by atoms with van der Waals surface area (Å²) in [6.07, 6.45) is 2.89. The maximum Gasteiger partial charge on any atom is 0.410 e. The van der Waals surface area contributed by atoms with Gasteiger partial charge in [0.15, 0.2) is 0 Å². The Morgan fingerprint density at radius 2 is 2.00 bits per heavy atom. The van der Waals surface area contributed by atoms with Crippen LogP contribution in [-0.4, -0.2) is 78.0 Å². The number of aromatic nitrogens is 3. The molecule has 29 heavy (non-hydrogen) atoms. The third-order valence-corrected chi connectivity index (χ3v) is 4.68. The van der Waals surface area contributed by atoms with Gasteiger partial charge in [0, 0.05) is 26.7 Å². The standard InChI is InChI=1S/C19H26ClN5O4/c1-19(2,3)29-18(26)25-7-6-24(10-12(25)11-27-4)16-15-13(22-17(20)23-16)8-21-9-14(15)28-5/h8-9,12H,6-7,10-11H2,1-5H3. The van der Waals surface area contributed by atoms with Gasteiger partial charge in [-0.2, -0.15) is 4.98 Å². The highest BCUT2D eigenvalue weighted by Crippen LogP contribution is 2.33. The van der Waals surface area contributed by atoms with Crippen LogP contribution in [0.5, 0.6) is 5.75 Å². The highest BCUT2D eigenvalue weighted by molar-refractivity contribution is 6.29. The van der Waals surface area contributed by atoms with Crippen molar-refractivity contribution in [2.24, 2.45) is 0 Å². The van der Waals surface area contributed by atoms with E-state index in [2.05, 4.69) is 19.9 Å². The van der Waals surface area contributed by atoms with E-state index in [1.807, 2.05) is 20.8 Å². The molecule has 1 atom stereocenters. The summed E-state index contributed by atoms with van der Waals surface area (Å²) in [7, 11) is 3.18. The lowest BCUT2D eigenvalue weighted by atomic mass is 10.1. The van der Waals surface area contributed by atoms with Crippen molar-refractivity contribution in [1.82, 2.24) is 19.9 Å². The molecule has 0 saturated carbocycles. The second-order valence-electron chi connectivity index (χ2n) is 7.78. The van der Waals surface area contributed by atoms with Crippen LogP contribution in [0.15, 0.2) is 12.4 Å². The van der Waals surface area contributed by atoms with Crippen LogP contribution in [0, 0.1) is 0 Å². The fraction of sp³-hybridized carbons (Fsp3) is 0.579. The molecule has 1 fully saturated rings.